The van der Waals surface area contributed by atoms with E-state index in [0.717, 1.165) is 10.9 Å². The molecule has 0 aliphatic carbocycles. The van der Waals surface area contributed by atoms with Crippen molar-refractivity contribution in [3.63, 3.8) is 0 Å². The summed E-state index contributed by atoms with van der Waals surface area (Å²) in [5.74, 6) is -0.634. The molecule has 1 atom stereocenters. The fourth-order valence-electron chi connectivity index (χ4n) is 4.27. The SMILES string of the molecule is COC(=O)c1ccccc1N1CC(C(=O)Nc2cc(C)nn2-c2ccc3ccccc3n2)CC1=O. The molecule has 2 aromatic carbocycles. The van der Waals surface area contributed by atoms with E-state index in [1.54, 1.807) is 35.0 Å². The molecule has 0 bridgehead atoms. The van der Waals surface area contributed by atoms with Gasteiger partial charge in [-0.2, -0.15) is 9.78 Å². The summed E-state index contributed by atoms with van der Waals surface area (Å²) < 4.78 is 6.42. The molecule has 1 aliphatic rings. The zero-order chi connectivity index (χ0) is 24.5. The number of carbonyl (C=O) groups excluding carboxylic acids is 3. The minimum Gasteiger partial charge on any atom is -0.465 e. The van der Waals surface area contributed by atoms with Crippen molar-refractivity contribution in [1.82, 2.24) is 14.8 Å². The van der Waals surface area contributed by atoms with Crippen LogP contribution in [0.25, 0.3) is 16.7 Å². The summed E-state index contributed by atoms with van der Waals surface area (Å²) in [4.78, 5) is 44.2. The molecule has 3 heterocycles. The van der Waals surface area contributed by atoms with Crippen LogP contribution in [-0.4, -0.2) is 46.2 Å². The molecule has 35 heavy (non-hydrogen) atoms. The van der Waals surface area contributed by atoms with Gasteiger partial charge in [-0.1, -0.05) is 30.3 Å². The van der Waals surface area contributed by atoms with Crippen molar-refractivity contribution >= 4 is 40.2 Å². The van der Waals surface area contributed by atoms with Gasteiger partial charge in [-0.05, 0) is 37.3 Å². The van der Waals surface area contributed by atoms with Crippen LogP contribution >= 0.6 is 0 Å². The van der Waals surface area contributed by atoms with E-state index in [-0.39, 0.29) is 30.3 Å². The number of nitrogens with one attached hydrogen (secondary N) is 1. The number of fused-ring (bicyclic) bond motifs is 1. The minimum atomic E-state index is -0.596. The van der Waals surface area contributed by atoms with Gasteiger partial charge in [-0.15, -0.1) is 0 Å². The van der Waals surface area contributed by atoms with Gasteiger partial charge in [0, 0.05) is 24.4 Å². The molecule has 1 fully saturated rings. The van der Waals surface area contributed by atoms with E-state index in [9.17, 15) is 14.4 Å². The topological polar surface area (TPSA) is 106 Å². The lowest BCUT2D eigenvalue weighted by Gasteiger charge is -2.19. The lowest BCUT2D eigenvalue weighted by atomic mass is 10.1. The number of rotatable bonds is 5. The summed E-state index contributed by atoms with van der Waals surface area (Å²) in [6.07, 6.45) is 0.0304. The third kappa shape index (κ3) is 4.23. The molecule has 5 rings (SSSR count). The maximum absolute atomic E-state index is 13.2. The highest BCUT2D eigenvalue weighted by atomic mass is 16.5. The quantitative estimate of drug-likeness (QED) is 0.449. The van der Waals surface area contributed by atoms with E-state index in [1.807, 2.05) is 43.3 Å². The Balaban J connectivity index is 1.38. The number of carbonyl (C=O) groups is 3. The number of anilines is 2. The second-order valence-electron chi connectivity index (χ2n) is 8.35. The standard InChI is InChI=1S/C26H23N5O4/c1-16-13-23(31(29-16)22-12-11-17-7-3-5-9-20(17)27-22)28-25(33)18-14-24(32)30(15-18)21-10-6-4-8-19(21)26(34)35-2/h3-13,18H,14-15H2,1-2H3,(H,28,33). The maximum atomic E-state index is 13.2. The van der Waals surface area contributed by atoms with E-state index < -0.39 is 11.9 Å². The first-order chi connectivity index (χ1) is 16.9. The molecule has 1 N–H and O–H groups in total. The molecule has 1 saturated heterocycles. The van der Waals surface area contributed by atoms with E-state index in [0.29, 0.717) is 23.0 Å². The summed E-state index contributed by atoms with van der Waals surface area (Å²) in [5.41, 5.74) is 2.24. The molecule has 2 aromatic heterocycles. The molecular weight excluding hydrogens is 446 g/mol. The summed E-state index contributed by atoms with van der Waals surface area (Å²) >= 11 is 0. The Bertz CT molecular complexity index is 1460. The van der Waals surface area contributed by atoms with Crippen LogP contribution in [0, 0.1) is 12.8 Å². The van der Waals surface area contributed by atoms with Crippen LogP contribution in [0.2, 0.25) is 0 Å². The lowest BCUT2D eigenvalue weighted by Crippen LogP contribution is -2.29. The van der Waals surface area contributed by atoms with E-state index in [1.165, 1.54) is 12.0 Å². The first kappa shape index (κ1) is 22.3. The highest BCUT2D eigenvalue weighted by Gasteiger charge is 2.37. The number of methoxy groups -OCH3 is 1. The number of pyridine rings is 1. The number of para-hydroxylation sites is 2. The number of ether oxygens (including phenoxy) is 1. The Labute approximate surface area is 201 Å². The monoisotopic (exact) mass is 469 g/mol. The Morgan fingerprint density at radius 3 is 2.66 bits per heavy atom. The second-order valence-corrected chi connectivity index (χ2v) is 8.35. The Kier molecular flexibility index (Phi) is 5.74. The van der Waals surface area contributed by atoms with Gasteiger partial charge in [-0.25, -0.2) is 9.78 Å². The first-order valence-electron chi connectivity index (χ1n) is 11.2. The van der Waals surface area contributed by atoms with Crippen LogP contribution < -0.4 is 10.2 Å². The Hall–Kier alpha value is -4.53. The van der Waals surface area contributed by atoms with Gasteiger partial charge in [0.2, 0.25) is 11.8 Å². The molecule has 9 heteroatoms. The zero-order valence-electron chi connectivity index (χ0n) is 19.3. The first-order valence-corrected chi connectivity index (χ1v) is 11.2. The van der Waals surface area contributed by atoms with Crippen molar-refractivity contribution in [2.24, 2.45) is 5.92 Å². The van der Waals surface area contributed by atoms with E-state index in [4.69, 9.17) is 4.74 Å². The fraction of sp³-hybridized carbons (Fsp3) is 0.192. The van der Waals surface area contributed by atoms with Crippen molar-refractivity contribution < 1.29 is 19.1 Å². The summed E-state index contributed by atoms with van der Waals surface area (Å²) in [6, 6.07) is 20.0. The third-order valence-electron chi connectivity index (χ3n) is 5.98. The van der Waals surface area contributed by atoms with Gasteiger partial charge in [0.25, 0.3) is 0 Å². The molecule has 176 valence electrons. The number of hydrogen-bond donors (Lipinski definition) is 1. The molecule has 1 unspecified atom stereocenters. The molecule has 1 aliphatic heterocycles. The number of esters is 1. The molecule has 9 nitrogen and oxygen atoms in total. The predicted octanol–water partition coefficient (Wildman–Crippen LogP) is 3.51. The van der Waals surface area contributed by atoms with E-state index in [2.05, 4.69) is 15.4 Å². The van der Waals surface area contributed by atoms with Gasteiger partial charge in [-0.3, -0.25) is 9.59 Å². The van der Waals surface area contributed by atoms with Crippen molar-refractivity contribution in [1.29, 1.82) is 0 Å². The molecule has 0 radical (unpaired) electrons. The molecule has 2 amide bonds. The molecule has 0 spiro atoms. The second kappa shape index (κ2) is 9.02. The number of nitrogens with zero attached hydrogens (tertiary/aromatic N) is 4. The number of aromatic nitrogens is 3. The number of aryl methyl sites for hydroxylation is 1. The number of benzene rings is 2. The maximum Gasteiger partial charge on any atom is 0.339 e. The average molecular weight is 470 g/mol. The number of amides is 2. The Morgan fingerprint density at radius 2 is 1.83 bits per heavy atom. The van der Waals surface area contributed by atoms with Gasteiger partial charge in [0.05, 0.1) is 35.5 Å². The van der Waals surface area contributed by atoms with Crippen LogP contribution in [0.5, 0.6) is 0 Å². The largest absolute Gasteiger partial charge is 0.465 e. The van der Waals surface area contributed by atoms with Crippen LogP contribution in [0.1, 0.15) is 22.5 Å². The molecular formula is C26H23N5O4. The highest BCUT2D eigenvalue weighted by molar-refractivity contribution is 6.07. The predicted molar refractivity (Wildman–Crippen MR) is 130 cm³/mol. The van der Waals surface area contributed by atoms with Crippen LogP contribution in [0.4, 0.5) is 11.5 Å². The van der Waals surface area contributed by atoms with Gasteiger partial charge >= 0.3 is 5.97 Å². The smallest absolute Gasteiger partial charge is 0.339 e. The van der Waals surface area contributed by atoms with E-state index >= 15 is 0 Å². The van der Waals surface area contributed by atoms with Crippen LogP contribution in [-0.2, 0) is 14.3 Å². The van der Waals surface area contributed by atoms with Gasteiger partial charge < -0.3 is 15.0 Å². The van der Waals surface area contributed by atoms with Gasteiger partial charge in [0.1, 0.15) is 5.82 Å². The Morgan fingerprint density at radius 1 is 1.06 bits per heavy atom. The third-order valence-corrected chi connectivity index (χ3v) is 5.98. The van der Waals surface area contributed by atoms with Crippen molar-refractivity contribution in [2.75, 3.05) is 23.9 Å². The highest BCUT2D eigenvalue weighted by Crippen LogP contribution is 2.29. The van der Waals surface area contributed by atoms with Crippen LogP contribution in [0.3, 0.4) is 0 Å². The summed E-state index contributed by atoms with van der Waals surface area (Å²) in [6.45, 7) is 1.98. The lowest BCUT2D eigenvalue weighted by molar-refractivity contribution is -0.122. The van der Waals surface area contributed by atoms with Crippen molar-refractivity contribution in [3.8, 4) is 5.82 Å². The van der Waals surface area contributed by atoms with Crippen molar-refractivity contribution in [3.05, 3.63) is 78.0 Å². The van der Waals surface area contributed by atoms with Gasteiger partial charge in [0.15, 0.2) is 5.82 Å². The molecule has 0 saturated carbocycles. The molecule has 4 aromatic rings. The average Bonchev–Trinajstić information content (AvgIpc) is 3.45. The normalized spacial score (nSPS) is 15.4. The minimum absolute atomic E-state index is 0.0304. The zero-order valence-corrected chi connectivity index (χ0v) is 19.3. The number of hydrogen-bond acceptors (Lipinski definition) is 6. The van der Waals surface area contributed by atoms with Crippen LogP contribution in [0.15, 0.2) is 66.7 Å². The summed E-state index contributed by atoms with van der Waals surface area (Å²) in [7, 11) is 1.29. The van der Waals surface area contributed by atoms with Crippen molar-refractivity contribution in [2.45, 2.75) is 13.3 Å². The summed E-state index contributed by atoms with van der Waals surface area (Å²) in [5, 5.41) is 8.41. The fourth-order valence-corrected chi connectivity index (χ4v) is 4.27.